The zero-order valence-corrected chi connectivity index (χ0v) is 10.9. The largest absolute Gasteiger partial charge is 0.337 e. The van der Waals surface area contributed by atoms with E-state index < -0.39 is 5.95 Å². The van der Waals surface area contributed by atoms with Crippen molar-refractivity contribution in [3.05, 3.63) is 65.2 Å². The van der Waals surface area contributed by atoms with Crippen molar-refractivity contribution in [1.29, 1.82) is 0 Å². The summed E-state index contributed by atoms with van der Waals surface area (Å²) < 4.78 is 12.7. The van der Waals surface area contributed by atoms with Gasteiger partial charge in [-0.15, -0.1) is 0 Å². The van der Waals surface area contributed by atoms with Crippen LogP contribution in [-0.4, -0.2) is 22.8 Å². The van der Waals surface area contributed by atoms with Crippen LogP contribution in [0.4, 0.5) is 4.39 Å². The molecule has 0 fully saturated rings. The Balaban J connectivity index is 2.07. The van der Waals surface area contributed by atoms with Crippen LogP contribution in [0.25, 0.3) is 0 Å². The Morgan fingerprint density at radius 2 is 1.89 bits per heavy atom. The van der Waals surface area contributed by atoms with Gasteiger partial charge >= 0.3 is 0 Å². The molecule has 0 radical (unpaired) electrons. The number of nitrogens with zero attached hydrogens (tertiary/aromatic N) is 2. The number of carbonyl (C=O) groups is 1. The van der Waals surface area contributed by atoms with Crippen LogP contribution in [0.1, 0.15) is 21.5 Å². The lowest BCUT2D eigenvalue weighted by molar-refractivity contribution is 0.0784. The van der Waals surface area contributed by atoms with Crippen molar-refractivity contribution >= 4 is 5.91 Å². The van der Waals surface area contributed by atoms with Gasteiger partial charge in [0.25, 0.3) is 5.91 Å². The number of carbonyl (C=O) groups excluding carboxylic acids is 1. The molecule has 0 aliphatic rings. The number of halogens is 1. The average Bonchev–Trinajstić information content (AvgIpc) is 2.41. The number of amides is 1. The lowest BCUT2D eigenvalue weighted by atomic mass is 10.1. The van der Waals surface area contributed by atoms with Gasteiger partial charge in [0.1, 0.15) is 0 Å². The molecule has 1 heterocycles. The van der Waals surface area contributed by atoms with E-state index in [-0.39, 0.29) is 5.91 Å². The summed E-state index contributed by atoms with van der Waals surface area (Å²) in [7, 11) is 1.71. The van der Waals surface area contributed by atoms with Crippen molar-refractivity contribution in [2.45, 2.75) is 13.5 Å². The van der Waals surface area contributed by atoms with E-state index in [9.17, 15) is 9.18 Å². The molecular formula is C15H15FN2O. The smallest absolute Gasteiger partial charge is 0.255 e. The Hall–Kier alpha value is -2.23. The Kier molecular flexibility index (Phi) is 3.90. The Bertz CT molecular complexity index is 564. The van der Waals surface area contributed by atoms with Crippen LogP contribution in [0.3, 0.4) is 0 Å². The Morgan fingerprint density at radius 1 is 1.21 bits per heavy atom. The summed E-state index contributed by atoms with van der Waals surface area (Å²) in [6.45, 7) is 2.53. The first-order chi connectivity index (χ1) is 9.06. The molecule has 2 rings (SSSR count). The SMILES string of the molecule is Cc1ccc(CN(C)C(=O)c2ccc(F)nc2)cc1. The Morgan fingerprint density at radius 3 is 2.47 bits per heavy atom. The van der Waals surface area contributed by atoms with Gasteiger partial charge in [0, 0.05) is 19.8 Å². The third-order valence-electron chi connectivity index (χ3n) is 2.86. The summed E-state index contributed by atoms with van der Waals surface area (Å²) in [6, 6.07) is 10.6. The molecule has 0 bridgehead atoms. The maximum absolute atomic E-state index is 12.7. The minimum absolute atomic E-state index is 0.173. The van der Waals surface area contributed by atoms with E-state index in [0.717, 1.165) is 5.56 Å². The average molecular weight is 258 g/mol. The molecule has 0 saturated heterocycles. The molecule has 0 unspecified atom stereocenters. The van der Waals surface area contributed by atoms with Crippen molar-refractivity contribution in [1.82, 2.24) is 9.88 Å². The van der Waals surface area contributed by atoms with Crippen molar-refractivity contribution in [3.63, 3.8) is 0 Å². The summed E-state index contributed by atoms with van der Waals surface area (Å²) in [5, 5.41) is 0. The van der Waals surface area contributed by atoms with Crippen molar-refractivity contribution in [2.24, 2.45) is 0 Å². The van der Waals surface area contributed by atoms with Gasteiger partial charge < -0.3 is 4.90 Å². The molecule has 1 amide bonds. The maximum atomic E-state index is 12.7. The second kappa shape index (κ2) is 5.61. The van der Waals surface area contributed by atoms with E-state index >= 15 is 0 Å². The number of benzene rings is 1. The molecule has 0 atom stereocenters. The minimum atomic E-state index is -0.585. The first kappa shape index (κ1) is 13.2. The topological polar surface area (TPSA) is 33.2 Å². The fourth-order valence-corrected chi connectivity index (χ4v) is 1.76. The molecule has 0 aliphatic heterocycles. The predicted octanol–water partition coefficient (Wildman–Crippen LogP) is 2.80. The van der Waals surface area contributed by atoms with Gasteiger partial charge in [-0.25, -0.2) is 4.98 Å². The highest BCUT2D eigenvalue weighted by Crippen LogP contribution is 2.09. The third kappa shape index (κ3) is 3.37. The quantitative estimate of drug-likeness (QED) is 0.793. The molecule has 19 heavy (non-hydrogen) atoms. The van der Waals surface area contributed by atoms with E-state index in [4.69, 9.17) is 0 Å². The summed E-state index contributed by atoms with van der Waals surface area (Å²) in [5.74, 6) is -0.759. The van der Waals surface area contributed by atoms with Crippen LogP contribution in [0.5, 0.6) is 0 Å². The summed E-state index contributed by atoms with van der Waals surface area (Å²) in [6.07, 6.45) is 1.25. The lowest BCUT2D eigenvalue weighted by Gasteiger charge is -2.17. The van der Waals surface area contributed by atoms with E-state index in [0.29, 0.717) is 12.1 Å². The molecule has 4 heteroatoms. The van der Waals surface area contributed by atoms with Crippen LogP contribution in [0.2, 0.25) is 0 Å². The van der Waals surface area contributed by atoms with E-state index in [2.05, 4.69) is 4.98 Å². The summed E-state index contributed by atoms with van der Waals surface area (Å²) >= 11 is 0. The maximum Gasteiger partial charge on any atom is 0.255 e. The lowest BCUT2D eigenvalue weighted by Crippen LogP contribution is -2.26. The van der Waals surface area contributed by atoms with Gasteiger partial charge in [-0.3, -0.25) is 4.79 Å². The molecular weight excluding hydrogens is 243 g/mol. The number of aryl methyl sites for hydroxylation is 1. The van der Waals surface area contributed by atoms with Gasteiger partial charge in [-0.2, -0.15) is 4.39 Å². The summed E-state index contributed by atoms with van der Waals surface area (Å²) in [4.78, 5) is 17.2. The highest BCUT2D eigenvalue weighted by Gasteiger charge is 2.12. The van der Waals surface area contributed by atoms with Crippen molar-refractivity contribution in [3.8, 4) is 0 Å². The van der Waals surface area contributed by atoms with Crippen LogP contribution in [-0.2, 0) is 6.54 Å². The number of hydrogen-bond acceptors (Lipinski definition) is 2. The second-order valence-corrected chi connectivity index (χ2v) is 4.52. The first-order valence-electron chi connectivity index (χ1n) is 5.99. The number of hydrogen-bond donors (Lipinski definition) is 0. The van der Waals surface area contributed by atoms with Crippen molar-refractivity contribution < 1.29 is 9.18 Å². The fraction of sp³-hybridized carbons (Fsp3) is 0.200. The minimum Gasteiger partial charge on any atom is -0.337 e. The van der Waals surface area contributed by atoms with Crippen LogP contribution in [0, 0.1) is 12.9 Å². The number of aromatic nitrogens is 1. The van der Waals surface area contributed by atoms with Crippen molar-refractivity contribution in [2.75, 3.05) is 7.05 Å². The molecule has 2 aromatic rings. The predicted molar refractivity (Wildman–Crippen MR) is 71.2 cm³/mol. The molecule has 3 nitrogen and oxygen atoms in total. The highest BCUT2D eigenvalue weighted by atomic mass is 19.1. The zero-order valence-electron chi connectivity index (χ0n) is 10.9. The molecule has 0 aliphatic carbocycles. The van der Waals surface area contributed by atoms with Crippen LogP contribution in [0.15, 0.2) is 42.6 Å². The Labute approximate surface area is 111 Å². The monoisotopic (exact) mass is 258 g/mol. The molecule has 1 aromatic carbocycles. The third-order valence-corrected chi connectivity index (χ3v) is 2.86. The van der Waals surface area contributed by atoms with E-state index in [1.54, 1.807) is 11.9 Å². The normalized spacial score (nSPS) is 10.3. The number of pyridine rings is 1. The highest BCUT2D eigenvalue weighted by molar-refractivity contribution is 5.93. The molecule has 0 saturated carbocycles. The standard InChI is InChI=1S/C15H15FN2O/c1-11-3-5-12(6-4-11)10-18(2)15(19)13-7-8-14(16)17-9-13/h3-9H,10H2,1-2H3. The fourth-order valence-electron chi connectivity index (χ4n) is 1.76. The van der Waals surface area contributed by atoms with Gasteiger partial charge in [-0.05, 0) is 24.6 Å². The molecule has 0 spiro atoms. The van der Waals surface area contributed by atoms with E-state index in [1.165, 1.54) is 23.9 Å². The second-order valence-electron chi connectivity index (χ2n) is 4.52. The van der Waals surface area contributed by atoms with Crippen LogP contribution >= 0.6 is 0 Å². The van der Waals surface area contributed by atoms with Gasteiger partial charge in [0.15, 0.2) is 0 Å². The summed E-state index contributed by atoms with van der Waals surface area (Å²) in [5.41, 5.74) is 2.62. The molecule has 0 N–H and O–H groups in total. The molecule has 98 valence electrons. The first-order valence-corrected chi connectivity index (χ1v) is 5.99. The van der Waals surface area contributed by atoms with Crippen LogP contribution < -0.4 is 0 Å². The van der Waals surface area contributed by atoms with Gasteiger partial charge in [0.2, 0.25) is 5.95 Å². The van der Waals surface area contributed by atoms with E-state index in [1.807, 2.05) is 31.2 Å². The molecule has 1 aromatic heterocycles. The number of rotatable bonds is 3. The zero-order chi connectivity index (χ0) is 13.8. The van der Waals surface area contributed by atoms with Gasteiger partial charge in [-0.1, -0.05) is 29.8 Å². The van der Waals surface area contributed by atoms with Gasteiger partial charge in [0.05, 0.1) is 5.56 Å².